The van der Waals surface area contributed by atoms with Crippen LogP contribution in [0.5, 0.6) is 0 Å². The number of nitrogens with zero attached hydrogens (tertiary/aromatic N) is 2. The molecule has 4 heteroatoms. The number of morpholine rings is 1. The van der Waals surface area contributed by atoms with Gasteiger partial charge in [0.05, 0.1) is 13.2 Å². The molecule has 2 N–H and O–H groups in total. The Bertz CT molecular complexity index is 255. The monoisotopic (exact) mass is 225 g/mol. The number of piperidine rings is 1. The van der Waals surface area contributed by atoms with Crippen molar-refractivity contribution >= 4 is 0 Å². The van der Waals surface area contributed by atoms with Crippen LogP contribution in [0.4, 0.5) is 0 Å². The van der Waals surface area contributed by atoms with Crippen LogP contribution in [0.25, 0.3) is 0 Å². The van der Waals surface area contributed by atoms with Gasteiger partial charge in [-0.15, -0.1) is 0 Å². The van der Waals surface area contributed by atoms with E-state index in [0.717, 1.165) is 38.8 Å². The fraction of sp³-hybridized carbons (Fsp3) is 1.00. The van der Waals surface area contributed by atoms with Gasteiger partial charge in [0.2, 0.25) is 0 Å². The lowest BCUT2D eigenvalue weighted by Crippen LogP contribution is -2.64. The fourth-order valence-corrected chi connectivity index (χ4v) is 3.85. The molecule has 3 atom stereocenters. The number of hydrogen-bond acceptors (Lipinski definition) is 4. The van der Waals surface area contributed by atoms with E-state index in [9.17, 15) is 0 Å². The first-order valence-corrected chi connectivity index (χ1v) is 6.60. The maximum absolute atomic E-state index is 6.15. The molecular formula is C12H23N3O. The second-order valence-electron chi connectivity index (χ2n) is 5.44. The summed E-state index contributed by atoms with van der Waals surface area (Å²) in [5.41, 5.74) is 6.44. The highest BCUT2D eigenvalue weighted by Crippen LogP contribution is 2.39. The average molecular weight is 225 g/mol. The van der Waals surface area contributed by atoms with Crippen molar-refractivity contribution in [2.75, 3.05) is 52.5 Å². The molecule has 16 heavy (non-hydrogen) atoms. The average Bonchev–Trinajstić information content (AvgIpc) is 2.76. The Kier molecular flexibility index (Phi) is 2.92. The van der Waals surface area contributed by atoms with Crippen molar-refractivity contribution in [1.29, 1.82) is 0 Å². The summed E-state index contributed by atoms with van der Waals surface area (Å²) >= 11 is 0. The number of hydrogen-bond donors (Lipinski definition) is 1. The molecule has 3 unspecified atom stereocenters. The van der Waals surface area contributed by atoms with Gasteiger partial charge in [-0.25, -0.2) is 0 Å². The molecule has 3 heterocycles. The first kappa shape index (κ1) is 11.0. The van der Waals surface area contributed by atoms with Crippen molar-refractivity contribution in [2.45, 2.75) is 18.4 Å². The van der Waals surface area contributed by atoms with Crippen LogP contribution in [0.2, 0.25) is 0 Å². The van der Waals surface area contributed by atoms with Crippen molar-refractivity contribution in [3.63, 3.8) is 0 Å². The molecule has 3 rings (SSSR count). The van der Waals surface area contributed by atoms with Crippen LogP contribution in [0.15, 0.2) is 0 Å². The molecule has 0 aromatic heterocycles. The van der Waals surface area contributed by atoms with Crippen LogP contribution < -0.4 is 5.73 Å². The van der Waals surface area contributed by atoms with Gasteiger partial charge in [-0.2, -0.15) is 0 Å². The molecule has 0 radical (unpaired) electrons. The molecule has 2 bridgehead atoms. The third kappa shape index (κ3) is 1.59. The largest absolute Gasteiger partial charge is 0.379 e. The van der Waals surface area contributed by atoms with Crippen molar-refractivity contribution in [1.82, 2.24) is 9.80 Å². The molecule has 0 saturated carbocycles. The van der Waals surface area contributed by atoms with Gasteiger partial charge in [0, 0.05) is 31.7 Å². The third-order valence-corrected chi connectivity index (χ3v) is 4.89. The molecule has 4 nitrogen and oxygen atoms in total. The van der Waals surface area contributed by atoms with Gasteiger partial charge in [-0.1, -0.05) is 0 Å². The van der Waals surface area contributed by atoms with Gasteiger partial charge in [0.15, 0.2) is 0 Å². The number of fused-ring (bicyclic) bond motifs is 2. The van der Waals surface area contributed by atoms with Gasteiger partial charge < -0.3 is 15.4 Å². The number of rotatable bonds is 2. The maximum atomic E-state index is 6.15. The summed E-state index contributed by atoms with van der Waals surface area (Å²) in [6.07, 6.45) is 2.60. The summed E-state index contributed by atoms with van der Waals surface area (Å²) in [6, 6.07) is 0. The SMILES string of the molecule is NCC1(N2CCOCC2)CCN2CCC1C2. The molecule has 0 aliphatic carbocycles. The Labute approximate surface area is 97.7 Å². The van der Waals surface area contributed by atoms with Crippen molar-refractivity contribution in [2.24, 2.45) is 11.7 Å². The number of ether oxygens (including phenoxy) is 1. The van der Waals surface area contributed by atoms with E-state index in [1.807, 2.05) is 0 Å². The first-order chi connectivity index (χ1) is 7.85. The summed E-state index contributed by atoms with van der Waals surface area (Å²) < 4.78 is 5.47. The van der Waals surface area contributed by atoms with Crippen LogP contribution in [-0.2, 0) is 4.74 Å². The molecule has 92 valence electrons. The normalized spacial score (nSPS) is 44.8. The Hall–Kier alpha value is -0.160. The Morgan fingerprint density at radius 3 is 2.75 bits per heavy atom. The van der Waals surface area contributed by atoms with Gasteiger partial charge in [0.25, 0.3) is 0 Å². The zero-order valence-electron chi connectivity index (χ0n) is 10.0. The quantitative estimate of drug-likeness (QED) is 0.703. The number of nitrogens with two attached hydrogens (primary N) is 1. The first-order valence-electron chi connectivity index (χ1n) is 6.60. The topological polar surface area (TPSA) is 41.7 Å². The minimum Gasteiger partial charge on any atom is -0.379 e. The van der Waals surface area contributed by atoms with E-state index in [4.69, 9.17) is 10.5 Å². The molecule has 0 aromatic rings. The van der Waals surface area contributed by atoms with E-state index in [-0.39, 0.29) is 5.54 Å². The van der Waals surface area contributed by atoms with E-state index in [0.29, 0.717) is 0 Å². The van der Waals surface area contributed by atoms with Gasteiger partial charge in [-0.3, -0.25) is 4.90 Å². The lowest BCUT2D eigenvalue weighted by Gasteiger charge is -2.51. The molecule has 3 fully saturated rings. The summed E-state index contributed by atoms with van der Waals surface area (Å²) in [5.74, 6) is 0.796. The highest BCUT2D eigenvalue weighted by atomic mass is 16.5. The highest BCUT2D eigenvalue weighted by Gasteiger charge is 2.48. The lowest BCUT2D eigenvalue weighted by atomic mass is 9.77. The zero-order valence-corrected chi connectivity index (χ0v) is 10.0. The van der Waals surface area contributed by atoms with Crippen LogP contribution in [0.3, 0.4) is 0 Å². The summed E-state index contributed by atoms with van der Waals surface area (Å²) in [5, 5.41) is 0. The van der Waals surface area contributed by atoms with E-state index in [2.05, 4.69) is 9.80 Å². The minimum atomic E-state index is 0.288. The molecular weight excluding hydrogens is 202 g/mol. The van der Waals surface area contributed by atoms with Crippen LogP contribution in [-0.4, -0.2) is 67.8 Å². The summed E-state index contributed by atoms with van der Waals surface area (Å²) in [4.78, 5) is 5.23. The Balaban J connectivity index is 1.80. The van der Waals surface area contributed by atoms with Gasteiger partial charge in [-0.05, 0) is 31.8 Å². The molecule has 0 amide bonds. The van der Waals surface area contributed by atoms with Crippen molar-refractivity contribution < 1.29 is 4.74 Å². The molecule has 3 aliphatic rings. The van der Waals surface area contributed by atoms with E-state index in [1.54, 1.807) is 0 Å². The molecule has 0 spiro atoms. The van der Waals surface area contributed by atoms with Crippen LogP contribution in [0.1, 0.15) is 12.8 Å². The third-order valence-electron chi connectivity index (χ3n) is 4.89. The Morgan fingerprint density at radius 1 is 1.19 bits per heavy atom. The maximum Gasteiger partial charge on any atom is 0.0594 e. The van der Waals surface area contributed by atoms with Crippen LogP contribution in [0, 0.1) is 5.92 Å². The molecule has 0 aromatic carbocycles. The van der Waals surface area contributed by atoms with Gasteiger partial charge in [0.1, 0.15) is 0 Å². The fourth-order valence-electron chi connectivity index (χ4n) is 3.85. The van der Waals surface area contributed by atoms with E-state index >= 15 is 0 Å². The molecule has 3 saturated heterocycles. The van der Waals surface area contributed by atoms with Crippen molar-refractivity contribution in [3.05, 3.63) is 0 Å². The van der Waals surface area contributed by atoms with E-state index < -0.39 is 0 Å². The standard InChI is InChI=1S/C12H23N3O/c13-10-12(15-5-7-16-8-6-15)2-4-14-3-1-11(12)9-14/h11H,1-10,13H2. The smallest absolute Gasteiger partial charge is 0.0594 e. The summed E-state index contributed by atoms with van der Waals surface area (Å²) in [6.45, 7) is 8.56. The predicted octanol–water partition coefficient (Wildman–Crippen LogP) is -0.258. The highest BCUT2D eigenvalue weighted by molar-refractivity contribution is 5.05. The second-order valence-corrected chi connectivity index (χ2v) is 5.44. The minimum absolute atomic E-state index is 0.288. The van der Waals surface area contributed by atoms with Gasteiger partial charge >= 0.3 is 0 Å². The predicted molar refractivity (Wildman–Crippen MR) is 63.3 cm³/mol. The summed E-state index contributed by atoms with van der Waals surface area (Å²) in [7, 11) is 0. The van der Waals surface area contributed by atoms with Crippen molar-refractivity contribution in [3.8, 4) is 0 Å². The lowest BCUT2D eigenvalue weighted by molar-refractivity contribution is -0.0567. The van der Waals surface area contributed by atoms with Crippen LogP contribution >= 0.6 is 0 Å². The zero-order chi connectivity index (χ0) is 11.0. The Morgan fingerprint density at radius 2 is 2.00 bits per heavy atom. The van der Waals surface area contributed by atoms with E-state index in [1.165, 1.54) is 32.5 Å². The second kappa shape index (κ2) is 4.26. The molecule has 3 aliphatic heterocycles.